The summed E-state index contributed by atoms with van der Waals surface area (Å²) in [6, 6.07) is 11.3. The second-order valence-electron chi connectivity index (χ2n) is 5.24. The van der Waals surface area contributed by atoms with Crippen molar-refractivity contribution in [1.82, 2.24) is 0 Å². The Morgan fingerprint density at radius 1 is 1.00 bits per heavy atom. The van der Waals surface area contributed by atoms with Gasteiger partial charge in [0.25, 0.3) is 0 Å². The van der Waals surface area contributed by atoms with Crippen molar-refractivity contribution in [1.29, 1.82) is 0 Å². The lowest BCUT2D eigenvalue weighted by atomic mass is 9.93. The molecule has 0 spiro atoms. The van der Waals surface area contributed by atoms with E-state index in [4.69, 9.17) is 31.5 Å². The third-order valence-corrected chi connectivity index (χ3v) is 4.11. The van der Waals surface area contributed by atoms with E-state index in [-0.39, 0.29) is 18.9 Å². The number of benzene rings is 2. The van der Waals surface area contributed by atoms with Gasteiger partial charge in [0.15, 0.2) is 11.5 Å². The summed E-state index contributed by atoms with van der Waals surface area (Å²) in [4.78, 5) is 0. The maximum absolute atomic E-state index is 6.26. The molecular formula is C16H14ClNO3. The van der Waals surface area contributed by atoms with E-state index in [1.54, 1.807) is 0 Å². The minimum Gasteiger partial charge on any atom is -0.485 e. The molecule has 2 aromatic rings. The first kappa shape index (κ1) is 12.8. The molecule has 0 fully saturated rings. The minimum atomic E-state index is -0.0946. The summed E-state index contributed by atoms with van der Waals surface area (Å²) in [6.45, 7) is 0.269. The highest BCUT2D eigenvalue weighted by Gasteiger charge is 2.28. The zero-order valence-electron chi connectivity index (χ0n) is 11.2. The summed E-state index contributed by atoms with van der Waals surface area (Å²) in [7, 11) is 0. The van der Waals surface area contributed by atoms with Crippen LogP contribution in [0.25, 0.3) is 0 Å². The molecule has 0 saturated heterocycles. The van der Waals surface area contributed by atoms with Gasteiger partial charge in [-0.2, -0.15) is 0 Å². The first-order chi connectivity index (χ1) is 10.2. The molecule has 108 valence electrons. The molecule has 0 aliphatic carbocycles. The minimum absolute atomic E-state index is 0.0943. The molecule has 0 saturated carbocycles. The van der Waals surface area contributed by atoms with Crippen molar-refractivity contribution in [3.8, 4) is 17.2 Å². The molecule has 5 heteroatoms. The number of rotatable bonds is 1. The molecule has 0 radical (unpaired) electrons. The maximum atomic E-state index is 6.26. The van der Waals surface area contributed by atoms with E-state index in [1.165, 1.54) is 0 Å². The molecule has 2 heterocycles. The predicted octanol–water partition coefficient (Wildman–Crippen LogP) is 3.59. The fourth-order valence-electron chi connectivity index (χ4n) is 2.79. The van der Waals surface area contributed by atoms with Crippen LogP contribution in [0.2, 0.25) is 5.02 Å². The highest BCUT2D eigenvalue weighted by Crippen LogP contribution is 2.43. The van der Waals surface area contributed by atoms with Crippen molar-refractivity contribution < 1.29 is 14.2 Å². The Kier molecular flexibility index (Phi) is 2.94. The summed E-state index contributed by atoms with van der Waals surface area (Å²) in [5.41, 5.74) is 8.26. The quantitative estimate of drug-likeness (QED) is 0.874. The maximum Gasteiger partial charge on any atom is 0.231 e. The van der Waals surface area contributed by atoms with Crippen LogP contribution >= 0.6 is 11.6 Å². The highest BCUT2D eigenvalue weighted by molar-refractivity contribution is 6.30. The molecule has 0 amide bonds. The Balaban J connectivity index is 1.67. The van der Waals surface area contributed by atoms with Gasteiger partial charge in [-0.05, 0) is 35.9 Å². The molecular weight excluding hydrogens is 290 g/mol. The number of ether oxygens (including phenoxy) is 3. The summed E-state index contributed by atoms with van der Waals surface area (Å²) >= 11 is 6.02. The topological polar surface area (TPSA) is 53.7 Å². The molecule has 2 aromatic carbocycles. The second kappa shape index (κ2) is 4.83. The average Bonchev–Trinajstić information content (AvgIpc) is 2.95. The van der Waals surface area contributed by atoms with Gasteiger partial charge in [-0.25, -0.2) is 0 Å². The van der Waals surface area contributed by atoms with E-state index in [0.717, 1.165) is 28.4 Å². The van der Waals surface area contributed by atoms with Crippen LogP contribution in [-0.4, -0.2) is 6.79 Å². The predicted molar refractivity (Wildman–Crippen MR) is 78.9 cm³/mol. The van der Waals surface area contributed by atoms with Gasteiger partial charge in [-0.15, -0.1) is 0 Å². The first-order valence-corrected chi connectivity index (χ1v) is 7.20. The van der Waals surface area contributed by atoms with Crippen LogP contribution in [0, 0.1) is 0 Å². The van der Waals surface area contributed by atoms with Crippen molar-refractivity contribution in [3.05, 3.63) is 52.5 Å². The van der Waals surface area contributed by atoms with Gasteiger partial charge in [0.2, 0.25) is 6.79 Å². The van der Waals surface area contributed by atoms with Crippen molar-refractivity contribution in [2.24, 2.45) is 5.73 Å². The molecule has 21 heavy (non-hydrogen) atoms. The van der Waals surface area contributed by atoms with Crippen molar-refractivity contribution >= 4 is 11.6 Å². The fourth-order valence-corrected chi connectivity index (χ4v) is 2.97. The fraction of sp³-hybridized carbons (Fsp3) is 0.250. The number of nitrogens with two attached hydrogens (primary N) is 1. The summed E-state index contributed by atoms with van der Waals surface area (Å²) in [5, 5.41) is 0.675. The van der Waals surface area contributed by atoms with E-state index in [1.807, 2.05) is 36.4 Å². The third-order valence-electron chi connectivity index (χ3n) is 3.88. The molecule has 0 aromatic heterocycles. The first-order valence-electron chi connectivity index (χ1n) is 6.82. The second-order valence-corrected chi connectivity index (χ2v) is 5.68. The van der Waals surface area contributed by atoms with E-state index in [2.05, 4.69) is 0 Å². The van der Waals surface area contributed by atoms with E-state index in [9.17, 15) is 0 Å². The number of fused-ring (bicyclic) bond motifs is 2. The van der Waals surface area contributed by atoms with Gasteiger partial charge in [0, 0.05) is 23.0 Å². The van der Waals surface area contributed by atoms with E-state index < -0.39 is 0 Å². The van der Waals surface area contributed by atoms with Gasteiger partial charge in [0.05, 0.1) is 0 Å². The normalized spacial score (nSPS) is 22.6. The van der Waals surface area contributed by atoms with E-state index >= 15 is 0 Å². The smallest absolute Gasteiger partial charge is 0.231 e. The van der Waals surface area contributed by atoms with Crippen LogP contribution in [0.5, 0.6) is 17.2 Å². The Morgan fingerprint density at radius 2 is 1.81 bits per heavy atom. The standard InChI is InChI=1S/C16H14ClNO3/c17-10-2-4-13-11(6-10)12(18)7-15(21-13)9-1-3-14-16(5-9)20-8-19-14/h1-6,12,15H,7-8,18H2/t12-,15?/m1/s1. The lowest BCUT2D eigenvalue weighted by Crippen LogP contribution is -2.24. The highest BCUT2D eigenvalue weighted by atomic mass is 35.5. The van der Waals surface area contributed by atoms with E-state index in [0.29, 0.717) is 11.4 Å². The van der Waals surface area contributed by atoms with Gasteiger partial charge < -0.3 is 19.9 Å². The summed E-state index contributed by atoms with van der Waals surface area (Å²) in [5.74, 6) is 2.32. The molecule has 2 aliphatic rings. The zero-order valence-corrected chi connectivity index (χ0v) is 12.0. The van der Waals surface area contributed by atoms with Crippen molar-refractivity contribution in [2.75, 3.05) is 6.79 Å². The lowest BCUT2D eigenvalue weighted by Gasteiger charge is -2.30. The number of halogens is 1. The molecule has 0 bridgehead atoms. The number of hydrogen-bond donors (Lipinski definition) is 1. The Hall–Kier alpha value is -1.91. The average molecular weight is 304 g/mol. The van der Waals surface area contributed by atoms with Crippen LogP contribution < -0.4 is 19.9 Å². The molecule has 4 nitrogen and oxygen atoms in total. The lowest BCUT2D eigenvalue weighted by molar-refractivity contribution is 0.160. The van der Waals surface area contributed by atoms with Gasteiger partial charge in [0.1, 0.15) is 11.9 Å². The number of hydrogen-bond acceptors (Lipinski definition) is 4. The van der Waals surface area contributed by atoms with Crippen molar-refractivity contribution in [2.45, 2.75) is 18.6 Å². The molecule has 2 N–H and O–H groups in total. The van der Waals surface area contributed by atoms with Crippen LogP contribution in [0.15, 0.2) is 36.4 Å². The van der Waals surface area contributed by atoms with Crippen LogP contribution in [0.4, 0.5) is 0 Å². The summed E-state index contributed by atoms with van der Waals surface area (Å²) < 4.78 is 16.8. The van der Waals surface area contributed by atoms with Crippen molar-refractivity contribution in [3.63, 3.8) is 0 Å². The van der Waals surface area contributed by atoms with Gasteiger partial charge in [-0.3, -0.25) is 0 Å². The monoisotopic (exact) mass is 303 g/mol. The molecule has 2 atom stereocenters. The largest absolute Gasteiger partial charge is 0.485 e. The Labute approximate surface area is 127 Å². The van der Waals surface area contributed by atoms with Crippen LogP contribution in [0.1, 0.15) is 29.7 Å². The SMILES string of the molecule is N[C@@H]1CC(c2ccc3c(c2)OCO3)Oc2ccc(Cl)cc21. The van der Waals surface area contributed by atoms with Crippen LogP contribution in [-0.2, 0) is 0 Å². The van der Waals surface area contributed by atoms with Gasteiger partial charge >= 0.3 is 0 Å². The molecule has 1 unspecified atom stereocenters. The summed E-state index contributed by atoms with van der Waals surface area (Å²) in [6.07, 6.45) is 0.607. The Bertz CT molecular complexity index is 704. The third kappa shape index (κ3) is 2.20. The molecule has 2 aliphatic heterocycles. The van der Waals surface area contributed by atoms with Crippen LogP contribution in [0.3, 0.4) is 0 Å². The Morgan fingerprint density at radius 3 is 2.71 bits per heavy atom. The zero-order chi connectivity index (χ0) is 14.4. The van der Waals surface area contributed by atoms with Gasteiger partial charge in [-0.1, -0.05) is 17.7 Å². The molecule has 4 rings (SSSR count).